The third-order valence-corrected chi connectivity index (χ3v) is 4.85. The maximum absolute atomic E-state index is 11.4. The summed E-state index contributed by atoms with van der Waals surface area (Å²) in [6, 6.07) is 24.7. The number of hydrogen-bond donors (Lipinski definition) is 2. The van der Waals surface area contributed by atoms with Crippen LogP contribution in [-0.4, -0.2) is 43.3 Å². The Morgan fingerprint density at radius 2 is 1.49 bits per heavy atom. The van der Waals surface area contributed by atoms with Gasteiger partial charge in [0.15, 0.2) is 12.7 Å². The Kier molecular flexibility index (Phi) is 11.9. The van der Waals surface area contributed by atoms with Crippen molar-refractivity contribution < 1.29 is 28.9 Å². The van der Waals surface area contributed by atoms with E-state index in [1.807, 2.05) is 61.5 Å². The number of carboxylic acid groups (broad SMARTS) is 1. The van der Waals surface area contributed by atoms with E-state index in [2.05, 4.69) is 12.2 Å². The molecule has 186 valence electrons. The highest BCUT2D eigenvalue weighted by Crippen LogP contribution is 2.20. The number of methoxy groups -OCH3 is 1. The number of aliphatic carboxylic acids is 1. The van der Waals surface area contributed by atoms with Crippen molar-refractivity contribution in [2.75, 3.05) is 20.3 Å². The second-order valence-corrected chi connectivity index (χ2v) is 7.78. The van der Waals surface area contributed by atoms with Crippen LogP contribution < -0.4 is 14.8 Å². The molecule has 35 heavy (non-hydrogen) atoms. The van der Waals surface area contributed by atoms with E-state index >= 15 is 0 Å². The fourth-order valence-electron chi connectivity index (χ4n) is 2.90. The van der Waals surface area contributed by atoms with Gasteiger partial charge in [-0.3, -0.25) is 4.79 Å². The number of nitrogens with one attached hydrogen (secondary N) is 1. The highest BCUT2D eigenvalue weighted by Gasteiger charge is 2.16. The molecule has 0 fully saturated rings. The lowest BCUT2D eigenvalue weighted by Crippen LogP contribution is -2.29. The molecule has 7 nitrogen and oxygen atoms in total. The zero-order valence-corrected chi connectivity index (χ0v) is 20.4. The number of carboxylic acids is 1. The summed E-state index contributed by atoms with van der Waals surface area (Å²) in [7, 11) is 1.37. The molecule has 1 atom stereocenters. The predicted molar refractivity (Wildman–Crippen MR) is 135 cm³/mol. The molecule has 0 radical (unpaired) electrons. The van der Waals surface area contributed by atoms with Crippen LogP contribution in [0.5, 0.6) is 17.2 Å². The number of para-hydroxylation sites is 1. The van der Waals surface area contributed by atoms with Crippen molar-refractivity contribution in [1.82, 2.24) is 5.32 Å². The quantitative estimate of drug-likeness (QED) is 0.401. The molecule has 0 saturated carbocycles. The van der Waals surface area contributed by atoms with E-state index in [0.717, 1.165) is 23.5 Å². The normalized spacial score (nSPS) is 10.9. The number of ether oxygens (including phenoxy) is 3. The molecule has 1 unspecified atom stereocenters. The van der Waals surface area contributed by atoms with E-state index in [4.69, 9.17) is 19.3 Å². The minimum absolute atomic E-state index is 0.0326. The van der Waals surface area contributed by atoms with Crippen LogP contribution in [0.1, 0.15) is 24.5 Å². The number of amides is 1. The summed E-state index contributed by atoms with van der Waals surface area (Å²) < 4.78 is 15.9. The second-order valence-electron chi connectivity index (χ2n) is 7.78. The first-order valence-electron chi connectivity index (χ1n) is 11.4. The van der Waals surface area contributed by atoms with Crippen LogP contribution in [0.2, 0.25) is 0 Å². The Labute approximate surface area is 206 Å². The maximum atomic E-state index is 11.4. The van der Waals surface area contributed by atoms with Gasteiger partial charge in [-0.2, -0.15) is 0 Å². The van der Waals surface area contributed by atoms with Gasteiger partial charge >= 0.3 is 5.97 Å². The van der Waals surface area contributed by atoms with Crippen LogP contribution in [0.15, 0.2) is 78.9 Å². The first kappa shape index (κ1) is 27.4. The molecule has 0 spiro atoms. The van der Waals surface area contributed by atoms with Crippen LogP contribution in [0.25, 0.3) is 0 Å². The van der Waals surface area contributed by atoms with Crippen molar-refractivity contribution >= 4 is 11.9 Å². The van der Waals surface area contributed by atoms with Crippen LogP contribution in [0.4, 0.5) is 0 Å². The molecule has 2 N–H and O–H groups in total. The van der Waals surface area contributed by atoms with Crippen molar-refractivity contribution in [3.05, 3.63) is 90.0 Å². The molecule has 7 heteroatoms. The van der Waals surface area contributed by atoms with Gasteiger partial charge in [-0.05, 0) is 55.3 Å². The summed E-state index contributed by atoms with van der Waals surface area (Å²) in [6.45, 7) is 4.64. The minimum atomic E-state index is -0.995. The molecule has 0 saturated heterocycles. The Balaban J connectivity index is 0.000000266. The summed E-state index contributed by atoms with van der Waals surface area (Å²) in [6.07, 6.45) is 0.296. The molecule has 0 aromatic heterocycles. The maximum Gasteiger partial charge on any atom is 0.333 e. The number of carbonyl (C=O) groups excluding carboxylic acids is 1. The van der Waals surface area contributed by atoms with Gasteiger partial charge in [0.2, 0.25) is 0 Å². The average molecular weight is 480 g/mol. The molecule has 1 amide bonds. The van der Waals surface area contributed by atoms with Crippen molar-refractivity contribution in [3.8, 4) is 17.2 Å². The van der Waals surface area contributed by atoms with E-state index < -0.39 is 12.1 Å². The highest BCUT2D eigenvalue weighted by molar-refractivity contribution is 5.77. The lowest BCUT2D eigenvalue weighted by Gasteiger charge is -2.11. The summed E-state index contributed by atoms with van der Waals surface area (Å²) in [5, 5.41) is 11.6. The first-order chi connectivity index (χ1) is 16.9. The average Bonchev–Trinajstić information content (AvgIpc) is 2.87. The van der Waals surface area contributed by atoms with Gasteiger partial charge in [0.25, 0.3) is 5.91 Å². The van der Waals surface area contributed by atoms with Gasteiger partial charge in [-0.25, -0.2) is 4.79 Å². The van der Waals surface area contributed by atoms with E-state index in [1.54, 1.807) is 24.3 Å². The molecule has 3 aromatic carbocycles. The van der Waals surface area contributed by atoms with Crippen LogP contribution in [-0.2, 0) is 20.7 Å². The predicted octanol–water partition coefficient (Wildman–Crippen LogP) is 5.02. The van der Waals surface area contributed by atoms with E-state index in [-0.39, 0.29) is 18.9 Å². The largest absolute Gasteiger partial charge is 0.484 e. The van der Waals surface area contributed by atoms with Gasteiger partial charge in [-0.15, -0.1) is 0 Å². The molecule has 0 aliphatic carbocycles. The summed E-state index contributed by atoms with van der Waals surface area (Å²) in [4.78, 5) is 22.3. The second kappa shape index (κ2) is 15.1. The molecule has 0 aliphatic rings. The SMILES string of the molecule is CCCNC(=O)COc1ccc(CC(OC)C(=O)O)cc1.Cc1ccc(Oc2ccccc2)cc1. The van der Waals surface area contributed by atoms with Gasteiger partial charge in [0.1, 0.15) is 17.2 Å². The molecule has 3 rings (SSSR count). The van der Waals surface area contributed by atoms with Crippen molar-refractivity contribution in [3.63, 3.8) is 0 Å². The highest BCUT2D eigenvalue weighted by atomic mass is 16.5. The molecule has 3 aromatic rings. The Hall–Kier alpha value is -3.84. The minimum Gasteiger partial charge on any atom is -0.484 e. The topological polar surface area (TPSA) is 94.1 Å². The standard InChI is InChI=1S/C15H21NO5.C13H12O/c1-3-8-16-14(17)10-21-12-6-4-11(5-7-12)9-13(20-2)15(18)19;1-11-7-9-13(10-8-11)14-12-5-3-2-4-6-12/h4-7,13H,3,8-10H2,1-2H3,(H,16,17)(H,18,19);2-10H,1H3. The van der Waals surface area contributed by atoms with E-state index in [1.165, 1.54) is 12.7 Å². The summed E-state index contributed by atoms with van der Waals surface area (Å²) in [5.41, 5.74) is 2.07. The summed E-state index contributed by atoms with van der Waals surface area (Å²) in [5.74, 6) is 1.16. The Morgan fingerprint density at radius 1 is 0.886 bits per heavy atom. The Bertz CT molecular complexity index is 1020. The molecular formula is C28H33NO6. The van der Waals surface area contributed by atoms with Crippen LogP contribution in [0.3, 0.4) is 0 Å². The smallest absolute Gasteiger partial charge is 0.333 e. The van der Waals surface area contributed by atoms with Crippen molar-refractivity contribution in [2.45, 2.75) is 32.8 Å². The molecule has 0 bridgehead atoms. The Morgan fingerprint density at radius 3 is 2.06 bits per heavy atom. The number of carbonyl (C=O) groups is 2. The third-order valence-electron chi connectivity index (χ3n) is 4.85. The van der Waals surface area contributed by atoms with E-state index in [0.29, 0.717) is 12.3 Å². The van der Waals surface area contributed by atoms with Gasteiger partial charge in [0, 0.05) is 20.1 Å². The molecule has 0 aliphatic heterocycles. The monoisotopic (exact) mass is 479 g/mol. The van der Waals surface area contributed by atoms with Crippen molar-refractivity contribution in [2.24, 2.45) is 0 Å². The van der Waals surface area contributed by atoms with Crippen LogP contribution >= 0.6 is 0 Å². The first-order valence-corrected chi connectivity index (χ1v) is 11.4. The lowest BCUT2D eigenvalue weighted by atomic mass is 10.1. The van der Waals surface area contributed by atoms with Gasteiger partial charge in [0.05, 0.1) is 0 Å². The van der Waals surface area contributed by atoms with Gasteiger partial charge < -0.3 is 24.6 Å². The van der Waals surface area contributed by atoms with Crippen LogP contribution in [0, 0.1) is 6.92 Å². The van der Waals surface area contributed by atoms with Gasteiger partial charge in [-0.1, -0.05) is 55.0 Å². The summed E-state index contributed by atoms with van der Waals surface area (Å²) >= 11 is 0. The number of benzene rings is 3. The number of hydrogen-bond acceptors (Lipinski definition) is 5. The van der Waals surface area contributed by atoms with E-state index in [9.17, 15) is 9.59 Å². The zero-order chi connectivity index (χ0) is 25.5. The third kappa shape index (κ3) is 10.8. The lowest BCUT2D eigenvalue weighted by molar-refractivity contribution is -0.148. The number of aryl methyl sites for hydroxylation is 1. The molecular weight excluding hydrogens is 446 g/mol. The molecule has 0 heterocycles. The van der Waals surface area contributed by atoms with Crippen molar-refractivity contribution in [1.29, 1.82) is 0 Å². The number of rotatable bonds is 11. The zero-order valence-electron chi connectivity index (χ0n) is 20.4. The fourth-order valence-corrected chi connectivity index (χ4v) is 2.90. The fraction of sp³-hybridized carbons (Fsp3) is 0.286.